The molecule has 0 aliphatic heterocycles. The fraction of sp³-hybridized carbons (Fsp3) is 0.300. The van der Waals surface area contributed by atoms with Crippen LogP contribution in [0.15, 0.2) is 42.5 Å². The molecule has 0 saturated carbocycles. The number of phenols is 2. The van der Waals surface area contributed by atoms with Crippen LogP contribution in [0.1, 0.15) is 17.2 Å². The van der Waals surface area contributed by atoms with Crippen LogP contribution in [-0.2, 0) is 16.0 Å². The predicted octanol–water partition coefficient (Wildman–Crippen LogP) is 0.684. The highest BCUT2D eigenvalue weighted by molar-refractivity contribution is 5.85. The normalized spacial score (nSPS) is 15.8. The van der Waals surface area contributed by atoms with Gasteiger partial charge in [0, 0.05) is 6.42 Å². The molecular formula is C20H23F2N3O7. The third-order valence-corrected chi connectivity index (χ3v) is 4.86. The van der Waals surface area contributed by atoms with Crippen LogP contribution < -0.4 is 21.7 Å². The standard InChI is InChI=1S/C20H23F2N3O7/c21-9-19(23,17(28)25-31)8-11-1-6-14(27)15(7-11)32-16(20(24,10-22)18(29)30)12-2-4-13(26)5-3-12/h1-7,16,26-27,31H,8-10,23-24H2,(H,25,28)(H,29,30). The van der Waals surface area contributed by atoms with E-state index in [1.807, 2.05) is 0 Å². The van der Waals surface area contributed by atoms with Crippen LogP contribution in [-0.4, -0.2) is 56.8 Å². The van der Waals surface area contributed by atoms with Gasteiger partial charge in [0.1, 0.15) is 24.6 Å². The molecule has 0 heterocycles. The summed E-state index contributed by atoms with van der Waals surface area (Å²) in [6, 6.07) is 8.50. The lowest BCUT2D eigenvalue weighted by Gasteiger charge is -2.32. The van der Waals surface area contributed by atoms with Crippen LogP contribution >= 0.6 is 0 Å². The molecule has 2 rings (SSSR count). The Kier molecular flexibility index (Phi) is 7.56. The average molecular weight is 455 g/mol. The number of carbonyl (C=O) groups is 2. The molecule has 0 bridgehead atoms. The first-order valence-corrected chi connectivity index (χ1v) is 9.16. The minimum absolute atomic E-state index is 0.0757. The molecule has 3 atom stereocenters. The molecule has 2 aromatic rings. The molecule has 174 valence electrons. The van der Waals surface area contributed by atoms with Gasteiger partial charge in [0.2, 0.25) is 0 Å². The summed E-state index contributed by atoms with van der Waals surface area (Å²) in [5, 5.41) is 38.0. The zero-order valence-corrected chi connectivity index (χ0v) is 16.7. The van der Waals surface area contributed by atoms with E-state index in [0.29, 0.717) is 0 Å². The van der Waals surface area contributed by atoms with Crippen molar-refractivity contribution in [2.45, 2.75) is 23.6 Å². The van der Waals surface area contributed by atoms with Crippen molar-refractivity contribution < 1.29 is 43.6 Å². The number of hydrogen-bond acceptors (Lipinski definition) is 8. The van der Waals surface area contributed by atoms with Gasteiger partial charge >= 0.3 is 5.97 Å². The summed E-state index contributed by atoms with van der Waals surface area (Å²) < 4.78 is 32.7. The zero-order valence-electron chi connectivity index (χ0n) is 16.7. The number of alkyl halides is 2. The number of carboxylic acid groups (broad SMARTS) is 1. The quantitative estimate of drug-likeness (QED) is 0.200. The summed E-state index contributed by atoms with van der Waals surface area (Å²) >= 11 is 0. The van der Waals surface area contributed by atoms with Gasteiger partial charge in [-0.15, -0.1) is 0 Å². The number of hydroxylamine groups is 1. The molecular weight excluding hydrogens is 432 g/mol. The fourth-order valence-corrected chi connectivity index (χ4v) is 2.91. The van der Waals surface area contributed by atoms with E-state index in [4.69, 9.17) is 21.4 Å². The molecule has 0 saturated heterocycles. The molecule has 0 spiro atoms. The Morgan fingerprint density at radius 1 is 1.06 bits per heavy atom. The smallest absolute Gasteiger partial charge is 0.330 e. The lowest BCUT2D eigenvalue weighted by atomic mass is 9.89. The van der Waals surface area contributed by atoms with E-state index in [1.165, 1.54) is 35.8 Å². The number of rotatable bonds is 10. The molecule has 2 aromatic carbocycles. The van der Waals surface area contributed by atoms with Gasteiger partial charge < -0.3 is 31.5 Å². The SMILES string of the molecule is NC(CF)(Cc1ccc(O)c(OC(c2ccc(O)cc2)C(N)(CF)C(=O)O)c1)C(=O)NO. The summed E-state index contributed by atoms with van der Waals surface area (Å²) in [6.45, 7) is -2.88. The molecule has 0 aromatic heterocycles. The van der Waals surface area contributed by atoms with E-state index in [0.717, 1.165) is 12.1 Å². The van der Waals surface area contributed by atoms with Gasteiger partial charge in [-0.1, -0.05) is 18.2 Å². The highest BCUT2D eigenvalue weighted by Crippen LogP contribution is 2.37. The van der Waals surface area contributed by atoms with Crippen molar-refractivity contribution in [1.82, 2.24) is 5.48 Å². The van der Waals surface area contributed by atoms with Crippen LogP contribution in [0.25, 0.3) is 0 Å². The first-order valence-electron chi connectivity index (χ1n) is 9.16. The predicted molar refractivity (Wildman–Crippen MR) is 107 cm³/mol. The van der Waals surface area contributed by atoms with E-state index >= 15 is 0 Å². The van der Waals surface area contributed by atoms with E-state index in [2.05, 4.69) is 0 Å². The van der Waals surface area contributed by atoms with Crippen molar-refractivity contribution in [3.8, 4) is 17.2 Å². The largest absolute Gasteiger partial charge is 0.508 e. The summed E-state index contributed by atoms with van der Waals surface area (Å²) in [6.07, 6.45) is -2.11. The molecule has 12 heteroatoms. The number of phenolic OH excluding ortho intramolecular Hbond substituents is 2. The number of hydrogen-bond donors (Lipinski definition) is 7. The maximum Gasteiger partial charge on any atom is 0.330 e. The van der Waals surface area contributed by atoms with Crippen LogP contribution in [0.3, 0.4) is 0 Å². The molecule has 0 aliphatic rings. The van der Waals surface area contributed by atoms with Crippen LogP contribution in [0.5, 0.6) is 17.2 Å². The fourth-order valence-electron chi connectivity index (χ4n) is 2.91. The highest BCUT2D eigenvalue weighted by atomic mass is 19.1. The third kappa shape index (κ3) is 5.04. The lowest BCUT2D eigenvalue weighted by Crippen LogP contribution is -2.57. The number of nitrogens with one attached hydrogen (secondary N) is 1. The van der Waals surface area contributed by atoms with Crippen LogP contribution in [0.2, 0.25) is 0 Å². The number of nitrogens with two attached hydrogens (primary N) is 2. The lowest BCUT2D eigenvalue weighted by molar-refractivity contribution is -0.148. The van der Waals surface area contributed by atoms with Gasteiger partial charge in [0.25, 0.3) is 5.91 Å². The Balaban J connectivity index is 2.49. The van der Waals surface area contributed by atoms with Crippen molar-refractivity contribution in [1.29, 1.82) is 0 Å². The molecule has 32 heavy (non-hydrogen) atoms. The monoisotopic (exact) mass is 455 g/mol. The maximum atomic E-state index is 13.8. The van der Waals surface area contributed by atoms with Gasteiger partial charge in [-0.3, -0.25) is 10.0 Å². The van der Waals surface area contributed by atoms with Gasteiger partial charge in [0.05, 0.1) is 0 Å². The van der Waals surface area contributed by atoms with E-state index < -0.39 is 54.6 Å². The number of halogens is 2. The van der Waals surface area contributed by atoms with Gasteiger partial charge in [0.15, 0.2) is 23.1 Å². The van der Waals surface area contributed by atoms with E-state index in [1.54, 1.807) is 0 Å². The summed E-state index contributed by atoms with van der Waals surface area (Å²) in [4.78, 5) is 23.4. The second-order valence-corrected chi connectivity index (χ2v) is 7.28. The second kappa shape index (κ2) is 9.77. The number of carboxylic acids is 1. The van der Waals surface area contributed by atoms with Crippen molar-refractivity contribution in [3.63, 3.8) is 0 Å². The van der Waals surface area contributed by atoms with Crippen molar-refractivity contribution >= 4 is 11.9 Å². The number of amides is 1. The minimum Gasteiger partial charge on any atom is -0.508 e. The topological polar surface area (TPSA) is 188 Å². The highest BCUT2D eigenvalue weighted by Gasteiger charge is 2.46. The van der Waals surface area contributed by atoms with Crippen molar-refractivity contribution in [2.24, 2.45) is 11.5 Å². The number of aromatic hydroxyl groups is 2. The number of aliphatic carboxylic acids is 1. The Morgan fingerprint density at radius 2 is 1.69 bits per heavy atom. The number of carbonyl (C=O) groups excluding carboxylic acids is 1. The summed E-state index contributed by atoms with van der Waals surface area (Å²) in [5.74, 6) is -3.91. The molecule has 0 fully saturated rings. The van der Waals surface area contributed by atoms with E-state index in [9.17, 15) is 33.7 Å². The molecule has 10 nitrogen and oxygen atoms in total. The van der Waals surface area contributed by atoms with Gasteiger partial charge in [-0.05, 0) is 35.4 Å². The first-order chi connectivity index (χ1) is 15.0. The molecule has 3 unspecified atom stereocenters. The second-order valence-electron chi connectivity index (χ2n) is 7.28. The number of ether oxygens (including phenoxy) is 1. The molecule has 1 amide bonds. The zero-order chi connectivity index (χ0) is 24.1. The van der Waals surface area contributed by atoms with Crippen molar-refractivity contribution in [2.75, 3.05) is 13.3 Å². The van der Waals surface area contributed by atoms with E-state index in [-0.39, 0.29) is 22.6 Å². The van der Waals surface area contributed by atoms with Crippen molar-refractivity contribution in [3.05, 3.63) is 53.6 Å². The minimum atomic E-state index is -2.58. The Labute approximate surface area is 181 Å². The van der Waals surface area contributed by atoms with Gasteiger partial charge in [-0.2, -0.15) is 0 Å². The number of benzene rings is 2. The Bertz CT molecular complexity index is 976. The van der Waals surface area contributed by atoms with Gasteiger partial charge in [-0.25, -0.2) is 19.1 Å². The summed E-state index contributed by atoms with van der Waals surface area (Å²) in [7, 11) is 0. The average Bonchev–Trinajstić information content (AvgIpc) is 2.78. The first kappa shape index (κ1) is 24.8. The Morgan fingerprint density at radius 3 is 2.19 bits per heavy atom. The molecule has 9 N–H and O–H groups in total. The summed E-state index contributed by atoms with van der Waals surface area (Å²) in [5.41, 5.74) is 8.26. The van der Waals surface area contributed by atoms with Crippen LogP contribution in [0.4, 0.5) is 8.78 Å². The van der Waals surface area contributed by atoms with Crippen LogP contribution in [0, 0.1) is 0 Å². The third-order valence-electron chi connectivity index (χ3n) is 4.86. The Hall–Kier alpha value is -3.48. The molecule has 0 aliphatic carbocycles. The maximum absolute atomic E-state index is 13.8. The molecule has 0 radical (unpaired) electrons.